The Morgan fingerprint density at radius 2 is 2.00 bits per heavy atom. The van der Waals surface area contributed by atoms with Crippen molar-refractivity contribution in [1.29, 1.82) is 0 Å². The van der Waals surface area contributed by atoms with Crippen molar-refractivity contribution in [2.45, 2.75) is 44.7 Å². The first-order valence-electron chi connectivity index (χ1n) is 10.5. The lowest BCUT2D eigenvalue weighted by Gasteiger charge is -2.30. The highest BCUT2D eigenvalue weighted by Crippen LogP contribution is 2.34. The Hall–Kier alpha value is -2.67. The highest BCUT2D eigenvalue weighted by atomic mass is 32.1. The summed E-state index contributed by atoms with van der Waals surface area (Å²) in [4.78, 5) is 30.5. The first-order chi connectivity index (χ1) is 14.5. The quantitative estimate of drug-likeness (QED) is 0.626. The number of thiophene rings is 1. The second kappa shape index (κ2) is 9.00. The first kappa shape index (κ1) is 20.6. The van der Waals surface area contributed by atoms with Gasteiger partial charge in [0.05, 0.1) is 4.88 Å². The Kier molecular flexibility index (Phi) is 6.18. The van der Waals surface area contributed by atoms with Crippen LogP contribution in [-0.4, -0.2) is 58.1 Å². The molecule has 1 fully saturated rings. The van der Waals surface area contributed by atoms with E-state index >= 15 is 0 Å². The molecule has 0 N–H and O–H groups in total. The summed E-state index contributed by atoms with van der Waals surface area (Å²) in [5.74, 6) is 0.139. The molecule has 1 unspecified atom stereocenters. The van der Waals surface area contributed by atoms with E-state index in [1.165, 1.54) is 0 Å². The summed E-state index contributed by atoms with van der Waals surface area (Å²) in [7, 11) is 3.59. The molecule has 2 amide bonds. The third kappa shape index (κ3) is 4.26. The molecule has 0 aliphatic carbocycles. The van der Waals surface area contributed by atoms with Crippen molar-refractivity contribution < 1.29 is 9.59 Å². The van der Waals surface area contributed by atoms with Gasteiger partial charge in [-0.05, 0) is 42.3 Å². The zero-order valence-electron chi connectivity index (χ0n) is 17.6. The molecule has 4 rings (SSSR count). The second-order valence-electron chi connectivity index (χ2n) is 8.10. The third-order valence-electron chi connectivity index (χ3n) is 5.79. The van der Waals surface area contributed by atoms with E-state index in [-0.39, 0.29) is 24.4 Å². The predicted octanol–water partition coefficient (Wildman–Crippen LogP) is 3.81. The zero-order chi connectivity index (χ0) is 21.1. The van der Waals surface area contributed by atoms with Crippen molar-refractivity contribution in [3.8, 4) is 0 Å². The van der Waals surface area contributed by atoms with Gasteiger partial charge in [0.1, 0.15) is 6.54 Å². The van der Waals surface area contributed by atoms with Crippen molar-refractivity contribution in [3.05, 3.63) is 53.2 Å². The third-order valence-corrected chi connectivity index (χ3v) is 6.99. The maximum Gasteiger partial charge on any atom is 0.263 e. The van der Waals surface area contributed by atoms with Crippen LogP contribution in [0.2, 0.25) is 0 Å². The average molecular weight is 425 g/mol. The SMILES string of the molecule is CN(C)C(=O)c1sc2ccccc2c1CC1CCCCCN1C(=O)Cn1cccn1. The summed E-state index contributed by atoms with van der Waals surface area (Å²) in [5.41, 5.74) is 1.08. The van der Waals surface area contributed by atoms with E-state index in [0.29, 0.717) is 6.42 Å². The van der Waals surface area contributed by atoms with Crippen molar-refractivity contribution in [1.82, 2.24) is 19.6 Å². The molecular weight excluding hydrogens is 396 g/mol. The number of aromatic nitrogens is 2. The van der Waals surface area contributed by atoms with E-state index in [1.54, 1.807) is 41.2 Å². The molecule has 0 bridgehead atoms. The average Bonchev–Trinajstić information content (AvgIpc) is 3.30. The van der Waals surface area contributed by atoms with Gasteiger partial charge < -0.3 is 9.80 Å². The summed E-state index contributed by atoms with van der Waals surface area (Å²) in [6.07, 6.45) is 8.46. The highest BCUT2D eigenvalue weighted by Gasteiger charge is 2.29. The monoisotopic (exact) mass is 424 g/mol. The molecular formula is C23H28N4O2S. The van der Waals surface area contributed by atoms with E-state index in [4.69, 9.17) is 0 Å². The van der Waals surface area contributed by atoms with Gasteiger partial charge in [-0.25, -0.2) is 0 Å². The van der Waals surface area contributed by atoms with Crippen LogP contribution < -0.4 is 0 Å². The Labute approximate surface area is 181 Å². The van der Waals surface area contributed by atoms with Crippen molar-refractivity contribution in [3.63, 3.8) is 0 Å². The summed E-state index contributed by atoms with van der Waals surface area (Å²) in [6, 6.07) is 10.1. The molecule has 7 heteroatoms. The molecule has 2 aromatic heterocycles. The Bertz CT molecular complexity index is 1030. The fourth-order valence-electron chi connectivity index (χ4n) is 4.25. The van der Waals surface area contributed by atoms with Crippen LogP contribution in [0.25, 0.3) is 10.1 Å². The number of rotatable bonds is 5. The molecule has 1 aliphatic rings. The summed E-state index contributed by atoms with van der Waals surface area (Å²) < 4.78 is 2.81. The molecule has 158 valence electrons. The van der Waals surface area contributed by atoms with Crippen LogP contribution in [0, 0.1) is 0 Å². The number of carbonyl (C=O) groups excluding carboxylic acids is 2. The smallest absolute Gasteiger partial charge is 0.263 e. The van der Waals surface area contributed by atoms with Crippen LogP contribution in [0.5, 0.6) is 0 Å². The predicted molar refractivity (Wildman–Crippen MR) is 120 cm³/mol. The summed E-state index contributed by atoms with van der Waals surface area (Å²) >= 11 is 1.56. The van der Waals surface area contributed by atoms with E-state index in [2.05, 4.69) is 17.2 Å². The van der Waals surface area contributed by atoms with Gasteiger partial charge in [-0.1, -0.05) is 31.0 Å². The number of fused-ring (bicyclic) bond motifs is 1. The van der Waals surface area contributed by atoms with Crippen LogP contribution >= 0.6 is 11.3 Å². The molecule has 3 heterocycles. The van der Waals surface area contributed by atoms with Gasteiger partial charge in [0, 0.05) is 43.8 Å². The Morgan fingerprint density at radius 3 is 2.77 bits per heavy atom. The minimum Gasteiger partial charge on any atom is -0.344 e. The lowest BCUT2D eigenvalue weighted by atomic mass is 9.97. The Balaban J connectivity index is 1.66. The van der Waals surface area contributed by atoms with E-state index < -0.39 is 0 Å². The van der Waals surface area contributed by atoms with Gasteiger partial charge in [-0.3, -0.25) is 14.3 Å². The fraction of sp³-hybridized carbons (Fsp3) is 0.435. The number of hydrogen-bond donors (Lipinski definition) is 0. The number of likely N-dealkylation sites (tertiary alicyclic amines) is 1. The topological polar surface area (TPSA) is 58.4 Å². The van der Waals surface area contributed by atoms with E-state index in [0.717, 1.165) is 52.8 Å². The second-order valence-corrected chi connectivity index (χ2v) is 9.16. The molecule has 1 atom stereocenters. The van der Waals surface area contributed by atoms with Crippen molar-refractivity contribution in [2.75, 3.05) is 20.6 Å². The minimum atomic E-state index is 0.0363. The molecule has 30 heavy (non-hydrogen) atoms. The van der Waals surface area contributed by atoms with Crippen LogP contribution in [0.4, 0.5) is 0 Å². The number of benzene rings is 1. The van der Waals surface area contributed by atoms with Crippen molar-refractivity contribution >= 4 is 33.2 Å². The van der Waals surface area contributed by atoms with Gasteiger partial charge in [-0.2, -0.15) is 5.10 Å². The van der Waals surface area contributed by atoms with E-state index in [9.17, 15) is 9.59 Å². The molecule has 1 saturated heterocycles. The van der Waals surface area contributed by atoms with E-state index in [1.807, 2.05) is 29.3 Å². The molecule has 0 spiro atoms. The largest absolute Gasteiger partial charge is 0.344 e. The van der Waals surface area contributed by atoms with Gasteiger partial charge in [0.15, 0.2) is 0 Å². The fourth-order valence-corrected chi connectivity index (χ4v) is 5.51. The standard InChI is InChI=1S/C23H28N4O2S/c1-25(2)23(29)22-19(18-10-5-6-11-20(18)30-22)15-17-9-4-3-7-14-27(17)21(28)16-26-13-8-12-24-26/h5-6,8,10-13,17H,3-4,7,9,14-16H2,1-2H3. The lowest BCUT2D eigenvalue weighted by Crippen LogP contribution is -2.43. The van der Waals surface area contributed by atoms with Gasteiger partial charge in [-0.15, -0.1) is 11.3 Å². The van der Waals surface area contributed by atoms with Crippen LogP contribution in [0.1, 0.15) is 40.9 Å². The molecule has 1 aliphatic heterocycles. The molecule has 3 aromatic rings. The van der Waals surface area contributed by atoms with Crippen molar-refractivity contribution in [2.24, 2.45) is 0 Å². The maximum atomic E-state index is 13.1. The zero-order valence-corrected chi connectivity index (χ0v) is 18.4. The summed E-state index contributed by atoms with van der Waals surface area (Å²) in [5, 5.41) is 5.33. The summed E-state index contributed by atoms with van der Waals surface area (Å²) in [6.45, 7) is 1.03. The Morgan fingerprint density at radius 1 is 1.17 bits per heavy atom. The number of amides is 2. The minimum absolute atomic E-state index is 0.0363. The molecule has 6 nitrogen and oxygen atoms in total. The molecule has 0 radical (unpaired) electrons. The van der Waals surface area contributed by atoms with Crippen LogP contribution in [0.15, 0.2) is 42.7 Å². The maximum absolute atomic E-state index is 13.1. The normalized spacial score (nSPS) is 17.1. The lowest BCUT2D eigenvalue weighted by molar-refractivity contribution is -0.134. The van der Waals surface area contributed by atoms with Crippen LogP contribution in [0.3, 0.4) is 0 Å². The number of carbonyl (C=O) groups is 2. The van der Waals surface area contributed by atoms with Gasteiger partial charge in [0.2, 0.25) is 5.91 Å². The molecule has 0 saturated carbocycles. The van der Waals surface area contributed by atoms with Gasteiger partial charge in [0.25, 0.3) is 5.91 Å². The number of nitrogens with zero attached hydrogens (tertiary/aromatic N) is 4. The number of hydrogen-bond acceptors (Lipinski definition) is 4. The molecule has 1 aromatic carbocycles. The highest BCUT2D eigenvalue weighted by molar-refractivity contribution is 7.21. The first-order valence-corrected chi connectivity index (χ1v) is 11.3. The van der Waals surface area contributed by atoms with Crippen LogP contribution in [-0.2, 0) is 17.8 Å². The van der Waals surface area contributed by atoms with Gasteiger partial charge >= 0.3 is 0 Å².